The van der Waals surface area contributed by atoms with Crippen LogP contribution in [0.2, 0.25) is 5.02 Å². The summed E-state index contributed by atoms with van der Waals surface area (Å²) in [7, 11) is 0. The van der Waals surface area contributed by atoms with Crippen molar-refractivity contribution in [1.29, 1.82) is 0 Å². The Morgan fingerprint density at radius 3 is 2.40 bits per heavy atom. The molecule has 0 saturated heterocycles. The zero-order valence-electron chi connectivity index (χ0n) is 16.0. The molecule has 0 aliphatic carbocycles. The fraction of sp³-hybridized carbons (Fsp3) is 0.0870. The summed E-state index contributed by atoms with van der Waals surface area (Å²) in [5.74, 6) is -0.169. The van der Waals surface area contributed by atoms with Gasteiger partial charge in [0.1, 0.15) is 12.4 Å². The molecule has 0 fully saturated rings. The number of hydrogen-bond acceptors (Lipinski definition) is 4. The first-order chi connectivity index (χ1) is 14.6. The van der Waals surface area contributed by atoms with E-state index in [1.807, 2.05) is 54.6 Å². The molecule has 2 amide bonds. The van der Waals surface area contributed by atoms with E-state index < -0.39 is 5.91 Å². The predicted octanol–water partition coefficient (Wildman–Crippen LogP) is 3.80. The minimum atomic E-state index is -0.448. The molecule has 0 aliphatic rings. The Morgan fingerprint density at radius 2 is 1.63 bits per heavy atom. The number of carbonyl (C=O) groups is 2. The quantitative estimate of drug-likeness (QED) is 0.429. The van der Waals surface area contributed by atoms with E-state index in [-0.39, 0.29) is 12.5 Å². The van der Waals surface area contributed by atoms with Crippen molar-refractivity contribution in [2.75, 3.05) is 6.54 Å². The number of nitrogens with zero attached hydrogens (tertiary/aromatic N) is 1. The van der Waals surface area contributed by atoms with Crippen molar-refractivity contribution in [2.45, 2.75) is 6.61 Å². The number of hydrazone groups is 1. The lowest BCUT2D eigenvalue weighted by molar-refractivity contribution is -0.120. The Hall–Kier alpha value is -3.64. The first-order valence-corrected chi connectivity index (χ1v) is 9.61. The van der Waals surface area contributed by atoms with Crippen molar-refractivity contribution in [3.05, 3.63) is 101 Å². The number of ether oxygens (including phenoxy) is 1. The summed E-state index contributed by atoms with van der Waals surface area (Å²) in [5.41, 5.74) is 4.58. The van der Waals surface area contributed by atoms with E-state index in [0.717, 1.165) is 11.1 Å². The second kappa shape index (κ2) is 10.8. The molecular formula is C23H20ClN3O3. The number of nitrogens with one attached hydrogen (secondary N) is 2. The van der Waals surface area contributed by atoms with Crippen molar-refractivity contribution in [1.82, 2.24) is 10.7 Å². The third-order valence-electron chi connectivity index (χ3n) is 4.06. The van der Waals surface area contributed by atoms with Gasteiger partial charge in [-0.3, -0.25) is 9.59 Å². The average Bonchev–Trinajstić information content (AvgIpc) is 2.78. The molecule has 0 heterocycles. The van der Waals surface area contributed by atoms with Gasteiger partial charge in [0.2, 0.25) is 0 Å². The second-order valence-corrected chi connectivity index (χ2v) is 6.73. The van der Waals surface area contributed by atoms with Gasteiger partial charge < -0.3 is 10.1 Å². The van der Waals surface area contributed by atoms with Crippen LogP contribution in [0.5, 0.6) is 5.75 Å². The first kappa shape index (κ1) is 21.1. The minimum absolute atomic E-state index is 0.203. The van der Waals surface area contributed by atoms with Crippen molar-refractivity contribution in [2.24, 2.45) is 5.10 Å². The average molecular weight is 422 g/mol. The Balaban J connectivity index is 1.49. The van der Waals surface area contributed by atoms with Crippen LogP contribution in [0.3, 0.4) is 0 Å². The highest BCUT2D eigenvalue weighted by Gasteiger charge is 2.07. The maximum absolute atomic E-state index is 12.0. The lowest BCUT2D eigenvalue weighted by atomic mass is 10.2. The number of hydrogen-bond donors (Lipinski definition) is 2. The van der Waals surface area contributed by atoms with Crippen LogP contribution in [0, 0.1) is 0 Å². The van der Waals surface area contributed by atoms with E-state index in [2.05, 4.69) is 15.8 Å². The van der Waals surface area contributed by atoms with E-state index in [1.165, 1.54) is 6.21 Å². The van der Waals surface area contributed by atoms with Gasteiger partial charge >= 0.3 is 0 Å². The van der Waals surface area contributed by atoms with Crippen LogP contribution in [0.25, 0.3) is 0 Å². The van der Waals surface area contributed by atoms with Gasteiger partial charge in [-0.1, -0.05) is 54.1 Å². The molecule has 0 bridgehead atoms. The minimum Gasteiger partial charge on any atom is -0.488 e. The predicted molar refractivity (Wildman–Crippen MR) is 117 cm³/mol. The van der Waals surface area contributed by atoms with Crippen LogP contribution in [0.15, 0.2) is 84.0 Å². The monoisotopic (exact) mass is 421 g/mol. The summed E-state index contributed by atoms with van der Waals surface area (Å²) in [6.07, 6.45) is 1.50. The molecule has 6 nitrogen and oxygen atoms in total. The molecule has 0 atom stereocenters. The molecule has 152 valence electrons. The molecule has 3 rings (SSSR count). The summed E-state index contributed by atoms with van der Waals surface area (Å²) in [6.45, 7) is 0.222. The van der Waals surface area contributed by atoms with Crippen LogP contribution in [0.4, 0.5) is 0 Å². The van der Waals surface area contributed by atoms with Crippen molar-refractivity contribution in [3.8, 4) is 5.75 Å². The van der Waals surface area contributed by atoms with Gasteiger partial charge in [-0.15, -0.1) is 0 Å². The van der Waals surface area contributed by atoms with Gasteiger partial charge in [-0.25, -0.2) is 5.43 Å². The number of halogens is 1. The lowest BCUT2D eigenvalue weighted by Gasteiger charge is -2.09. The largest absolute Gasteiger partial charge is 0.488 e. The second-order valence-electron chi connectivity index (χ2n) is 6.29. The highest BCUT2D eigenvalue weighted by atomic mass is 35.5. The maximum Gasteiger partial charge on any atom is 0.259 e. The fourth-order valence-corrected chi connectivity index (χ4v) is 2.66. The first-order valence-electron chi connectivity index (χ1n) is 9.23. The van der Waals surface area contributed by atoms with E-state index in [0.29, 0.717) is 22.9 Å². The molecule has 0 spiro atoms. The highest BCUT2D eigenvalue weighted by Crippen LogP contribution is 2.17. The topological polar surface area (TPSA) is 79.8 Å². The lowest BCUT2D eigenvalue weighted by Crippen LogP contribution is -2.34. The summed E-state index contributed by atoms with van der Waals surface area (Å²) in [5, 5.41) is 7.00. The van der Waals surface area contributed by atoms with Crippen LogP contribution in [0.1, 0.15) is 21.5 Å². The highest BCUT2D eigenvalue weighted by molar-refractivity contribution is 6.30. The number of rotatable bonds is 8. The normalized spacial score (nSPS) is 10.6. The van der Waals surface area contributed by atoms with Gasteiger partial charge in [-0.05, 0) is 42.0 Å². The summed E-state index contributed by atoms with van der Waals surface area (Å²) >= 11 is 5.79. The van der Waals surface area contributed by atoms with Gasteiger partial charge in [-0.2, -0.15) is 5.10 Å². The molecule has 7 heteroatoms. The molecule has 3 aromatic rings. The number of benzene rings is 3. The summed E-state index contributed by atoms with van der Waals surface area (Å²) in [4.78, 5) is 23.9. The van der Waals surface area contributed by atoms with Crippen LogP contribution >= 0.6 is 11.6 Å². The van der Waals surface area contributed by atoms with Gasteiger partial charge in [0, 0.05) is 16.1 Å². The summed E-state index contributed by atoms with van der Waals surface area (Å²) < 4.78 is 5.85. The van der Waals surface area contributed by atoms with E-state index in [9.17, 15) is 9.59 Å². The van der Waals surface area contributed by atoms with Crippen LogP contribution < -0.4 is 15.5 Å². The molecule has 2 N–H and O–H groups in total. The van der Waals surface area contributed by atoms with Gasteiger partial charge in [0.15, 0.2) is 0 Å². The molecule has 0 radical (unpaired) electrons. The van der Waals surface area contributed by atoms with Crippen molar-refractivity contribution in [3.63, 3.8) is 0 Å². The molecule has 0 unspecified atom stereocenters. The third kappa shape index (κ3) is 6.46. The maximum atomic E-state index is 12.0. The zero-order chi connectivity index (χ0) is 21.2. The standard InChI is InChI=1S/C23H20ClN3O3/c24-20-12-10-18(11-13-20)23(29)25-15-22(28)27-26-14-19-8-4-5-9-21(19)30-16-17-6-2-1-3-7-17/h1-14H,15-16H2,(H,25,29)(H,27,28)/b26-14-. The number of carbonyl (C=O) groups excluding carboxylic acids is 2. The summed E-state index contributed by atoms with van der Waals surface area (Å²) in [6, 6.07) is 23.6. The van der Waals surface area contributed by atoms with E-state index in [1.54, 1.807) is 24.3 Å². The Bertz CT molecular complexity index is 1020. The molecule has 3 aromatic carbocycles. The Labute approximate surface area is 179 Å². The van der Waals surface area contributed by atoms with E-state index >= 15 is 0 Å². The molecule has 0 aliphatic heterocycles. The van der Waals surface area contributed by atoms with Crippen molar-refractivity contribution < 1.29 is 14.3 Å². The molecular weight excluding hydrogens is 402 g/mol. The van der Waals surface area contributed by atoms with Gasteiger partial charge in [0.05, 0.1) is 12.8 Å². The van der Waals surface area contributed by atoms with Crippen LogP contribution in [-0.2, 0) is 11.4 Å². The smallest absolute Gasteiger partial charge is 0.259 e. The molecule has 30 heavy (non-hydrogen) atoms. The SMILES string of the molecule is O=C(CNC(=O)c1ccc(Cl)cc1)N/N=C\c1ccccc1OCc1ccccc1. The zero-order valence-corrected chi connectivity index (χ0v) is 16.8. The van der Waals surface area contributed by atoms with Gasteiger partial charge in [0.25, 0.3) is 11.8 Å². The third-order valence-corrected chi connectivity index (χ3v) is 4.32. The van der Waals surface area contributed by atoms with Crippen LogP contribution in [-0.4, -0.2) is 24.6 Å². The molecule has 0 saturated carbocycles. The number of amides is 2. The fourth-order valence-electron chi connectivity index (χ4n) is 2.53. The Kier molecular flexibility index (Phi) is 7.58. The van der Waals surface area contributed by atoms with Crippen molar-refractivity contribution >= 4 is 29.6 Å². The van der Waals surface area contributed by atoms with E-state index in [4.69, 9.17) is 16.3 Å². The molecule has 0 aromatic heterocycles. The number of para-hydroxylation sites is 1. The Morgan fingerprint density at radius 1 is 0.933 bits per heavy atom.